The highest BCUT2D eigenvalue weighted by Gasteiger charge is 2.31. The van der Waals surface area contributed by atoms with Crippen LogP contribution in [-0.2, 0) is 10.0 Å². The van der Waals surface area contributed by atoms with E-state index in [0.29, 0.717) is 31.1 Å². The Bertz CT molecular complexity index is 871. The molecule has 2 aromatic rings. The van der Waals surface area contributed by atoms with Crippen LogP contribution in [0, 0.1) is 0 Å². The molecule has 1 aliphatic heterocycles. The third kappa shape index (κ3) is 3.92. The minimum absolute atomic E-state index is 0.0794. The molecule has 8 heteroatoms. The fourth-order valence-electron chi connectivity index (χ4n) is 2.94. The van der Waals surface area contributed by atoms with E-state index in [1.807, 2.05) is 13.0 Å². The summed E-state index contributed by atoms with van der Waals surface area (Å²) in [5, 5.41) is 4.42. The zero-order chi connectivity index (χ0) is 18.6. The number of thiophene rings is 1. The third-order valence-corrected chi connectivity index (χ3v) is 7.19. The number of carbonyl (C=O) groups excluding carboxylic acids is 1. The minimum atomic E-state index is -3.66. The number of hydrogen-bond donors (Lipinski definition) is 1. The maximum atomic E-state index is 12.9. The Labute approximate surface area is 157 Å². The molecular weight excluding hydrogens is 372 g/mol. The van der Waals surface area contributed by atoms with Crippen molar-refractivity contribution in [2.75, 3.05) is 25.0 Å². The van der Waals surface area contributed by atoms with Gasteiger partial charge in [-0.15, -0.1) is 11.3 Å². The standard InChI is InChI=1S/C18H22N2O4S2/c1-2-24-15-9-5-4-8-14(15)19-18(21)17-16(10-13-25-17)26(22,23)20-11-6-3-7-12-20/h4-5,8-10,13H,2-3,6-7,11-12H2,1H3,(H,19,21). The lowest BCUT2D eigenvalue weighted by molar-refractivity contribution is 0.102. The van der Waals surface area contributed by atoms with Gasteiger partial charge in [-0.25, -0.2) is 8.42 Å². The average molecular weight is 395 g/mol. The molecule has 0 unspecified atom stereocenters. The molecule has 0 radical (unpaired) electrons. The van der Waals surface area contributed by atoms with Crippen molar-refractivity contribution in [1.29, 1.82) is 0 Å². The molecule has 1 amide bonds. The predicted octanol–water partition coefficient (Wildman–Crippen LogP) is 3.57. The fourth-order valence-corrected chi connectivity index (χ4v) is 5.75. The van der Waals surface area contributed by atoms with Gasteiger partial charge < -0.3 is 10.1 Å². The smallest absolute Gasteiger partial charge is 0.267 e. The second-order valence-electron chi connectivity index (χ2n) is 5.96. The third-order valence-electron chi connectivity index (χ3n) is 4.20. The Morgan fingerprint density at radius 2 is 1.92 bits per heavy atom. The van der Waals surface area contributed by atoms with Crippen molar-refractivity contribution in [3.05, 3.63) is 40.6 Å². The average Bonchev–Trinajstić information content (AvgIpc) is 3.15. The highest BCUT2D eigenvalue weighted by molar-refractivity contribution is 7.89. The molecule has 1 aromatic carbocycles. The van der Waals surface area contributed by atoms with Crippen molar-refractivity contribution < 1.29 is 17.9 Å². The van der Waals surface area contributed by atoms with Crippen LogP contribution in [-0.4, -0.2) is 38.3 Å². The molecular formula is C18H22N2O4S2. The number of carbonyl (C=O) groups is 1. The van der Waals surface area contributed by atoms with Crippen molar-refractivity contribution in [3.8, 4) is 5.75 Å². The van der Waals surface area contributed by atoms with Gasteiger partial charge in [0.2, 0.25) is 10.0 Å². The summed E-state index contributed by atoms with van der Waals surface area (Å²) in [6, 6.07) is 8.61. The maximum absolute atomic E-state index is 12.9. The first-order valence-corrected chi connectivity index (χ1v) is 11.0. The zero-order valence-corrected chi connectivity index (χ0v) is 16.2. The summed E-state index contributed by atoms with van der Waals surface area (Å²) < 4.78 is 32.8. The summed E-state index contributed by atoms with van der Waals surface area (Å²) in [5.41, 5.74) is 0.522. The summed E-state index contributed by atoms with van der Waals surface area (Å²) >= 11 is 1.13. The first-order chi connectivity index (χ1) is 12.5. The van der Waals surface area contributed by atoms with E-state index >= 15 is 0 Å². The van der Waals surface area contributed by atoms with Gasteiger partial charge in [0.1, 0.15) is 15.5 Å². The molecule has 0 atom stereocenters. The van der Waals surface area contributed by atoms with E-state index in [9.17, 15) is 13.2 Å². The van der Waals surface area contributed by atoms with Gasteiger partial charge in [-0.3, -0.25) is 4.79 Å². The summed E-state index contributed by atoms with van der Waals surface area (Å²) in [4.78, 5) is 13.0. The van der Waals surface area contributed by atoms with E-state index in [2.05, 4.69) is 5.32 Å². The van der Waals surface area contributed by atoms with Crippen molar-refractivity contribution in [2.45, 2.75) is 31.1 Å². The van der Waals surface area contributed by atoms with E-state index < -0.39 is 15.9 Å². The summed E-state index contributed by atoms with van der Waals surface area (Å²) in [6.45, 7) is 3.35. The lowest BCUT2D eigenvalue weighted by atomic mass is 10.2. The molecule has 0 saturated carbocycles. The highest BCUT2D eigenvalue weighted by atomic mass is 32.2. The molecule has 26 heavy (non-hydrogen) atoms. The molecule has 140 valence electrons. The molecule has 1 N–H and O–H groups in total. The second-order valence-corrected chi connectivity index (χ2v) is 8.78. The Hall–Kier alpha value is -1.90. The topological polar surface area (TPSA) is 75.7 Å². The quantitative estimate of drug-likeness (QED) is 0.813. The van der Waals surface area contributed by atoms with E-state index in [1.54, 1.807) is 23.6 Å². The summed E-state index contributed by atoms with van der Waals surface area (Å²) in [7, 11) is -3.66. The lowest BCUT2D eigenvalue weighted by Crippen LogP contribution is -2.36. The lowest BCUT2D eigenvalue weighted by Gasteiger charge is -2.25. The number of rotatable bonds is 6. The van der Waals surface area contributed by atoms with Crippen molar-refractivity contribution in [2.24, 2.45) is 0 Å². The number of sulfonamides is 1. The van der Waals surface area contributed by atoms with Crippen molar-refractivity contribution >= 4 is 33.0 Å². The molecule has 1 fully saturated rings. The molecule has 1 aromatic heterocycles. The molecule has 0 spiro atoms. The number of nitrogens with one attached hydrogen (secondary N) is 1. The number of nitrogens with zero attached hydrogens (tertiary/aromatic N) is 1. The van der Waals surface area contributed by atoms with Crippen LogP contribution in [0.2, 0.25) is 0 Å². The van der Waals surface area contributed by atoms with Crippen LogP contribution in [0.25, 0.3) is 0 Å². The summed E-state index contributed by atoms with van der Waals surface area (Å²) in [6.07, 6.45) is 2.75. The molecule has 1 aliphatic rings. The number of piperidine rings is 1. The van der Waals surface area contributed by atoms with Gasteiger partial charge in [0, 0.05) is 13.1 Å². The maximum Gasteiger partial charge on any atom is 0.267 e. The first kappa shape index (κ1) is 18.9. The SMILES string of the molecule is CCOc1ccccc1NC(=O)c1sccc1S(=O)(=O)N1CCCCC1. The predicted molar refractivity (Wildman–Crippen MR) is 102 cm³/mol. The molecule has 6 nitrogen and oxygen atoms in total. The number of para-hydroxylation sites is 2. The van der Waals surface area contributed by atoms with Gasteiger partial charge >= 0.3 is 0 Å². The van der Waals surface area contributed by atoms with Crippen molar-refractivity contribution in [1.82, 2.24) is 4.31 Å². The largest absolute Gasteiger partial charge is 0.492 e. The number of ether oxygens (including phenoxy) is 1. The van der Waals surface area contributed by atoms with Gasteiger partial charge in [-0.2, -0.15) is 4.31 Å². The van der Waals surface area contributed by atoms with E-state index in [4.69, 9.17) is 4.74 Å². The monoisotopic (exact) mass is 394 g/mol. The van der Waals surface area contributed by atoms with Crippen LogP contribution >= 0.6 is 11.3 Å². The second kappa shape index (κ2) is 8.20. The zero-order valence-electron chi connectivity index (χ0n) is 14.6. The fraction of sp³-hybridized carbons (Fsp3) is 0.389. The van der Waals surface area contributed by atoms with Gasteiger partial charge in [0.05, 0.1) is 12.3 Å². The molecule has 0 bridgehead atoms. The number of amides is 1. The molecule has 1 saturated heterocycles. The van der Waals surface area contributed by atoms with Crippen molar-refractivity contribution in [3.63, 3.8) is 0 Å². The van der Waals surface area contributed by atoms with Gasteiger partial charge in [0.15, 0.2) is 0 Å². The Morgan fingerprint density at radius 3 is 2.65 bits per heavy atom. The van der Waals surface area contributed by atoms with Crippen LogP contribution < -0.4 is 10.1 Å². The van der Waals surface area contributed by atoms with E-state index in [0.717, 1.165) is 30.6 Å². The van der Waals surface area contributed by atoms with E-state index in [1.165, 1.54) is 10.4 Å². The normalized spacial score (nSPS) is 15.6. The highest BCUT2D eigenvalue weighted by Crippen LogP contribution is 2.30. The van der Waals surface area contributed by atoms with Gasteiger partial charge in [-0.1, -0.05) is 18.6 Å². The number of hydrogen-bond acceptors (Lipinski definition) is 5. The Balaban J connectivity index is 1.85. The summed E-state index contributed by atoms with van der Waals surface area (Å²) in [5.74, 6) is 0.114. The van der Waals surface area contributed by atoms with Crippen LogP contribution in [0.15, 0.2) is 40.6 Å². The van der Waals surface area contributed by atoms with Crippen LogP contribution in [0.1, 0.15) is 35.9 Å². The molecule has 3 rings (SSSR count). The van der Waals surface area contributed by atoms with Crippen LogP contribution in [0.4, 0.5) is 5.69 Å². The van der Waals surface area contributed by atoms with Gasteiger partial charge in [0.25, 0.3) is 5.91 Å². The number of benzene rings is 1. The molecule has 2 heterocycles. The van der Waals surface area contributed by atoms with E-state index in [-0.39, 0.29) is 9.77 Å². The molecule has 0 aliphatic carbocycles. The van der Waals surface area contributed by atoms with Crippen LogP contribution in [0.3, 0.4) is 0 Å². The van der Waals surface area contributed by atoms with Crippen LogP contribution in [0.5, 0.6) is 5.75 Å². The number of anilines is 1. The Kier molecular flexibility index (Phi) is 5.95. The Morgan fingerprint density at radius 1 is 1.19 bits per heavy atom. The minimum Gasteiger partial charge on any atom is -0.492 e. The first-order valence-electron chi connectivity index (χ1n) is 8.65. The van der Waals surface area contributed by atoms with Gasteiger partial charge in [-0.05, 0) is 43.3 Å².